The van der Waals surface area contributed by atoms with Gasteiger partial charge in [0.25, 0.3) is 0 Å². The van der Waals surface area contributed by atoms with E-state index in [4.69, 9.17) is 19.9 Å². The van der Waals surface area contributed by atoms with Crippen molar-refractivity contribution in [3.05, 3.63) is 0 Å². The number of hydrogen-bond donors (Lipinski definition) is 5. The molecule has 0 aliphatic rings. The zero-order valence-electron chi connectivity index (χ0n) is 18.0. The largest absolute Gasteiger partial charge is 0.397 e. The standard InChI is InChI=1S/C12H26O4S.3C2H6O.H3N/c1-2-3-4-5-6-7-8-9-10-11-12-16-17(13,14)15;3*1-2-3;/h2-12H2,1H3,(H,13,14,15);3*3H,2H2,1H3;1H3. The average Bonchev–Trinajstić information content (AvgIpc) is 2.54. The van der Waals surface area contributed by atoms with Crippen LogP contribution in [0.4, 0.5) is 0 Å². The highest BCUT2D eigenvalue weighted by Crippen LogP contribution is 2.10. The quantitative estimate of drug-likeness (QED) is 0.234. The van der Waals surface area contributed by atoms with Crippen molar-refractivity contribution >= 4 is 10.4 Å². The second kappa shape index (κ2) is 36.6. The molecule has 0 rings (SSSR count). The van der Waals surface area contributed by atoms with Crippen molar-refractivity contribution in [2.45, 2.75) is 91.9 Å². The number of unbranched alkanes of at least 4 members (excludes halogenated alkanes) is 9. The maximum absolute atomic E-state index is 10.2. The molecule has 8 nitrogen and oxygen atoms in total. The van der Waals surface area contributed by atoms with Gasteiger partial charge in [0.05, 0.1) is 6.61 Å². The van der Waals surface area contributed by atoms with Crippen LogP contribution in [0.25, 0.3) is 0 Å². The molecule has 0 atom stereocenters. The Kier molecular flexibility index (Phi) is 50.8. The Balaban J connectivity index is -0.000000136. The van der Waals surface area contributed by atoms with Gasteiger partial charge >= 0.3 is 10.4 Å². The summed E-state index contributed by atoms with van der Waals surface area (Å²) in [6.45, 7) is 8.10. The van der Waals surface area contributed by atoms with Gasteiger partial charge in [-0.25, -0.2) is 4.18 Å². The van der Waals surface area contributed by atoms with Gasteiger partial charge in [-0.15, -0.1) is 0 Å². The van der Waals surface area contributed by atoms with Gasteiger partial charge in [-0.3, -0.25) is 4.55 Å². The Labute approximate surface area is 167 Å². The number of aliphatic hydroxyl groups excluding tert-OH is 3. The van der Waals surface area contributed by atoms with Crippen LogP contribution in [0.1, 0.15) is 91.9 Å². The molecule has 0 saturated heterocycles. The molecule has 0 aliphatic heterocycles. The molecule has 0 unspecified atom stereocenters. The van der Waals surface area contributed by atoms with E-state index >= 15 is 0 Å². The predicted molar refractivity (Wildman–Crippen MR) is 113 cm³/mol. The first kappa shape index (κ1) is 37.5. The van der Waals surface area contributed by atoms with E-state index in [0.29, 0.717) is 6.42 Å². The third-order valence-corrected chi connectivity index (χ3v) is 3.19. The van der Waals surface area contributed by atoms with Crippen molar-refractivity contribution < 1.29 is 32.5 Å². The van der Waals surface area contributed by atoms with Crippen molar-refractivity contribution in [2.75, 3.05) is 26.4 Å². The van der Waals surface area contributed by atoms with E-state index in [2.05, 4.69) is 11.1 Å². The normalized spacial score (nSPS) is 9.48. The molecular formula is C18H47NO7S. The molecule has 0 aromatic rings. The number of hydrogen-bond acceptors (Lipinski definition) is 7. The SMILES string of the molecule is CCCCCCCCCCCCOS(=O)(=O)O.CCO.CCO.CCO.N. The maximum atomic E-state index is 10.2. The number of rotatable bonds is 12. The van der Waals surface area contributed by atoms with E-state index in [0.717, 1.165) is 12.8 Å². The molecule has 0 aromatic heterocycles. The Bertz CT molecular complexity index is 297. The topological polar surface area (TPSA) is 159 Å². The molecular weight excluding hydrogens is 374 g/mol. The smallest absolute Gasteiger partial charge is 0.397 e. The van der Waals surface area contributed by atoms with Crippen LogP contribution in [-0.4, -0.2) is 54.7 Å². The van der Waals surface area contributed by atoms with Crippen molar-refractivity contribution in [3.8, 4) is 0 Å². The second-order valence-corrected chi connectivity index (χ2v) is 6.47. The second-order valence-electron chi connectivity index (χ2n) is 5.38. The summed E-state index contributed by atoms with van der Waals surface area (Å²) in [6.07, 6.45) is 11.9. The summed E-state index contributed by atoms with van der Waals surface area (Å²) in [5.41, 5.74) is 0. The minimum atomic E-state index is -4.23. The summed E-state index contributed by atoms with van der Waals surface area (Å²) >= 11 is 0. The lowest BCUT2D eigenvalue weighted by Gasteiger charge is -2.02. The van der Waals surface area contributed by atoms with Gasteiger partial charge in [0, 0.05) is 19.8 Å². The van der Waals surface area contributed by atoms with Crippen LogP contribution >= 0.6 is 0 Å². The Morgan fingerprint density at radius 1 is 0.630 bits per heavy atom. The van der Waals surface area contributed by atoms with Crippen molar-refractivity contribution in [1.82, 2.24) is 6.15 Å². The highest BCUT2D eigenvalue weighted by molar-refractivity contribution is 7.80. The summed E-state index contributed by atoms with van der Waals surface area (Å²) < 4.78 is 33.0. The molecule has 0 heterocycles. The molecule has 9 heteroatoms. The first-order valence-corrected chi connectivity index (χ1v) is 11.1. The third kappa shape index (κ3) is 76.9. The highest BCUT2D eigenvalue weighted by atomic mass is 32.3. The van der Waals surface area contributed by atoms with E-state index in [1.165, 1.54) is 44.9 Å². The average molecular weight is 422 g/mol. The van der Waals surface area contributed by atoms with Gasteiger partial charge < -0.3 is 21.5 Å². The molecule has 0 aliphatic carbocycles. The lowest BCUT2D eigenvalue weighted by Crippen LogP contribution is -2.04. The zero-order valence-corrected chi connectivity index (χ0v) is 18.8. The fourth-order valence-corrected chi connectivity index (χ4v) is 2.08. The van der Waals surface area contributed by atoms with Crippen LogP contribution in [0.15, 0.2) is 0 Å². The summed E-state index contributed by atoms with van der Waals surface area (Å²) in [6, 6.07) is 0. The predicted octanol–water partition coefficient (Wildman–Crippen LogP) is 3.88. The lowest BCUT2D eigenvalue weighted by molar-refractivity contribution is 0.261. The summed E-state index contributed by atoms with van der Waals surface area (Å²) in [5.74, 6) is 0. The van der Waals surface area contributed by atoms with Crippen LogP contribution in [0.3, 0.4) is 0 Å². The number of aliphatic hydroxyl groups is 3. The molecule has 7 N–H and O–H groups in total. The van der Waals surface area contributed by atoms with Crippen LogP contribution in [-0.2, 0) is 14.6 Å². The highest BCUT2D eigenvalue weighted by Gasteiger charge is 2.02. The van der Waals surface area contributed by atoms with Gasteiger partial charge in [-0.05, 0) is 27.2 Å². The first-order valence-electron chi connectivity index (χ1n) is 9.75. The Hall–Kier alpha value is -0.290. The molecule has 0 saturated carbocycles. The third-order valence-electron chi connectivity index (χ3n) is 2.73. The minimum absolute atomic E-state index is 0. The van der Waals surface area contributed by atoms with Gasteiger partial charge in [0.2, 0.25) is 0 Å². The molecule has 0 radical (unpaired) electrons. The molecule has 0 fully saturated rings. The first-order chi connectivity index (χ1) is 12.3. The molecule has 0 bridgehead atoms. The molecule has 0 spiro atoms. The van der Waals surface area contributed by atoms with Crippen LogP contribution in [0.5, 0.6) is 0 Å². The van der Waals surface area contributed by atoms with Crippen molar-refractivity contribution in [3.63, 3.8) is 0 Å². The van der Waals surface area contributed by atoms with E-state index < -0.39 is 10.4 Å². The maximum Gasteiger partial charge on any atom is 0.397 e. The van der Waals surface area contributed by atoms with E-state index in [-0.39, 0.29) is 32.6 Å². The Morgan fingerprint density at radius 2 is 0.889 bits per heavy atom. The molecule has 27 heavy (non-hydrogen) atoms. The van der Waals surface area contributed by atoms with Gasteiger partial charge in [-0.1, -0.05) is 64.7 Å². The van der Waals surface area contributed by atoms with Crippen LogP contribution in [0.2, 0.25) is 0 Å². The van der Waals surface area contributed by atoms with Crippen molar-refractivity contribution in [2.24, 2.45) is 0 Å². The van der Waals surface area contributed by atoms with Crippen LogP contribution < -0.4 is 6.15 Å². The monoisotopic (exact) mass is 421 g/mol. The zero-order chi connectivity index (χ0) is 21.1. The molecule has 0 amide bonds. The molecule has 0 aromatic carbocycles. The van der Waals surface area contributed by atoms with Crippen molar-refractivity contribution in [1.29, 1.82) is 0 Å². The summed E-state index contributed by atoms with van der Waals surface area (Å²) in [4.78, 5) is 0. The van der Waals surface area contributed by atoms with E-state index in [1.54, 1.807) is 20.8 Å². The fourth-order valence-electron chi connectivity index (χ4n) is 1.75. The summed E-state index contributed by atoms with van der Waals surface area (Å²) in [5, 5.41) is 22.7. The molecule has 172 valence electrons. The van der Waals surface area contributed by atoms with Gasteiger partial charge in [0.1, 0.15) is 0 Å². The van der Waals surface area contributed by atoms with E-state index in [1.807, 2.05) is 0 Å². The van der Waals surface area contributed by atoms with Crippen LogP contribution in [0, 0.1) is 0 Å². The van der Waals surface area contributed by atoms with Gasteiger partial charge in [-0.2, -0.15) is 8.42 Å². The fraction of sp³-hybridized carbons (Fsp3) is 1.00. The minimum Gasteiger partial charge on any atom is -0.397 e. The Morgan fingerprint density at radius 3 is 1.15 bits per heavy atom. The summed E-state index contributed by atoms with van der Waals surface area (Å²) in [7, 11) is -4.23. The lowest BCUT2D eigenvalue weighted by atomic mass is 10.1. The van der Waals surface area contributed by atoms with E-state index in [9.17, 15) is 8.42 Å². The van der Waals surface area contributed by atoms with Gasteiger partial charge in [0.15, 0.2) is 0 Å².